The van der Waals surface area contributed by atoms with Gasteiger partial charge >= 0.3 is 0 Å². The molecule has 150 valence electrons. The zero-order valence-corrected chi connectivity index (χ0v) is 16.8. The Bertz CT molecular complexity index is 975. The second kappa shape index (κ2) is 8.30. The Balaban J connectivity index is 1.70. The van der Waals surface area contributed by atoms with Crippen molar-refractivity contribution < 1.29 is 17.9 Å². The zero-order chi connectivity index (χ0) is 20.3. The summed E-state index contributed by atoms with van der Waals surface area (Å²) in [5.74, 6) is 0.635. The average Bonchev–Trinajstić information content (AvgIpc) is 2.66. The largest absolute Gasteiger partial charge is 0.494 e. The number of carbonyl (C=O) groups excluding carboxylic acids is 1. The van der Waals surface area contributed by atoms with Gasteiger partial charge in [0.05, 0.1) is 17.5 Å². The van der Waals surface area contributed by atoms with Gasteiger partial charge in [-0.1, -0.05) is 12.1 Å². The number of primary sulfonamides is 1. The average molecular weight is 404 g/mol. The SMILES string of the molecule is CCOc1ccc2c(c1)CN(C(C)C(=O)Nc1cccc(S(N)(=O)=O)c1)CC2. The Hall–Kier alpha value is -2.42. The van der Waals surface area contributed by atoms with Crippen molar-refractivity contribution in [3.8, 4) is 5.75 Å². The molecule has 0 saturated carbocycles. The number of hydrogen-bond donors (Lipinski definition) is 2. The third-order valence-electron chi connectivity index (χ3n) is 4.89. The summed E-state index contributed by atoms with van der Waals surface area (Å²) in [7, 11) is -3.82. The summed E-state index contributed by atoms with van der Waals surface area (Å²) in [6, 6.07) is 11.7. The van der Waals surface area contributed by atoms with Crippen LogP contribution < -0.4 is 15.2 Å². The molecule has 0 saturated heterocycles. The number of amides is 1. The van der Waals surface area contributed by atoms with E-state index in [1.54, 1.807) is 12.1 Å². The second-order valence-corrected chi connectivity index (χ2v) is 8.38. The van der Waals surface area contributed by atoms with E-state index in [2.05, 4.69) is 16.3 Å². The van der Waals surface area contributed by atoms with Gasteiger partial charge in [0.1, 0.15) is 5.75 Å². The zero-order valence-electron chi connectivity index (χ0n) is 16.0. The van der Waals surface area contributed by atoms with Crippen LogP contribution in [0.25, 0.3) is 0 Å². The predicted octanol–water partition coefficient (Wildman–Crippen LogP) is 2.12. The molecule has 0 aliphatic carbocycles. The minimum atomic E-state index is -3.82. The highest BCUT2D eigenvalue weighted by Gasteiger charge is 2.26. The molecular weight excluding hydrogens is 378 g/mol. The Kier molecular flexibility index (Phi) is 6.02. The minimum absolute atomic E-state index is 0.0340. The first kappa shape index (κ1) is 20.3. The third-order valence-corrected chi connectivity index (χ3v) is 5.80. The number of rotatable bonds is 6. The molecule has 1 amide bonds. The maximum absolute atomic E-state index is 12.7. The van der Waals surface area contributed by atoms with Gasteiger partial charge < -0.3 is 10.1 Å². The number of fused-ring (bicyclic) bond motifs is 1. The van der Waals surface area contributed by atoms with Crippen LogP contribution in [0.3, 0.4) is 0 Å². The molecule has 7 nitrogen and oxygen atoms in total. The predicted molar refractivity (Wildman–Crippen MR) is 108 cm³/mol. The Morgan fingerprint density at radius 2 is 2.04 bits per heavy atom. The first-order valence-electron chi connectivity index (χ1n) is 9.20. The van der Waals surface area contributed by atoms with E-state index in [1.807, 2.05) is 26.0 Å². The molecule has 28 heavy (non-hydrogen) atoms. The molecule has 8 heteroatoms. The molecule has 3 N–H and O–H groups in total. The number of benzene rings is 2. The molecule has 0 radical (unpaired) electrons. The third kappa shape index (κ3) is 4.70. The molecule has 2 aromatic carbocycles. The number of carbonyl (C=O) groups is 1. The van der Waals surface area contributed by atoms with Crippen LogP contribution in [-0.4, -0.2) is 38.4 Å². The Morgan fingerprint density at radius 3 is 2.75 bits per heavy atom. The molecule has 1 unspecified atom stereocenters. The fourth-order valence-corrected chi connectivity index (χ4v) is 3.87. The molecular formula is C20H25N3O4S. The number of nitrogens with zero attached hydrogens (tertiary/aromatic N) is 1. The van der Waals surface area contributed by atoms with Gasteiger partial charge in [0.2, 0.25) is 15.9 Å². The van der Waals surface area contributed by atoms with Crippen LogP contribution in [0.4, 0.5) is 5.69 Å². The fraction of sp³-hybridized carbons (Fsp3) is 0.350. The van der Waals surface area contributed by atoms with Crippen LogP contribution in [0, 0.1) is 0 Å². The van der Waals surface area contributed by atoms with Crippen molar-refractivity contribution in [3.05, 3.63) is 53.6 Å². The molecule has 1 aliphatic heterocycles. The van der Waals surface area contributed by atoms with Crippen molar-refractivity contribution in [2.24, 2.45) is 5.14 Å². The second-order valence-electron chi connectivity index (χ2n) is 6.82. The van der Waals surface area contributed by atoms with Crippen LogP contribution >= 0.6 is 0 Å². The standard InChI is InChI=1S/C20H25N3O4S/c1-3-27-18-8-7-15-9-10-23(13-16(15)11-18)14(2)20(24)22-17-5-4-6-19(12-17)28(21,25)26/h4-8,11-12,14H,3,9-10,13H2,1-2H3,(H,22,24)(H2,21,25,26). The van der Waals surface area contributed by atoms with Crippen LogP contribution in [-0.2, 0) is 27.8 Å². The van der Waals surface area contributed by atoms with Gasteiger partial charge in [-0.15, -0.1) is 0 Å². The number of nitrogens with one attached hydrogen (secondary N) is 1. The molecule has 0 aromatic heterocycles. The van der Waals surface area contributed by atoms with Gasteiger partial charge in [0.15, 0.2) is 0 Å². The van der Waals surface area contributed by atoms with E-state index in [4.69, 9.17) is 9.88 Å². The first-order valence-corrected chi connectivity index (χ1v) is 10.7. The highest BCUT2D eigenvalue weighted by atomic mass is 32.2. The van der Waals surface area contributed by atoms with Gasteiger partial charge in [0.25, 0.3) is 0 Å². The lowest BCUT2D eigenvalue weighted by molar-refractivity contribution is -0.121. The van der Waals surface area contributed by atoms with E-state index in [1.165, 1.54) is 17.7 Å². The van der Waals surface area contributed by atoms with E-state index in [-0.39, 0.29) is 16.8 Å². The lowest BCUT2D eigenvalue weighted by Gasteiger charge is -2.33. The van der Waals surface area contributed by atoms with Crippen LogP contribution in [0.5, 0.6) is 5.75 Å². The van der Waals surface area contributed by atoms with E-state index >= 15 is 0 Å². The number of hydrogen-bond acceptors (Lipinski definition) is 5. The van der Waals surface area contributed by atoms with Gasteiger partial charge in [-0.3, -0.25) is 9.69 Å². The van der Waals surface area contributed by atoms with E-state index in [0.717, 1.165) is 24.3 Å². The quantitative estimate of drug-likeness (QED) is 0.769. The molecule has 3 rings (SSSR count). The topological polar surface area (TPSA) is 102 Å². The van der Waals surface area contributed by atoms with E-state index in [0.29, 0.717) is 18.8 Å². The number of anilines is 1. The summed E-state index contributed by atoms with van der Waals surface area (Å²) in [5, 5.41) is 7.93. The van der Waals surface area contributed by atoms with Gasteiger partial charge in [-0.2, -0.15) is 0 Å². The summed E-state index contributed by atoms with van der Waals surface area (Å²) >= 11 is 0. The first-order chi connectivity index (χ1) is 13.3. The smallest absolute Gasteiger partial charge is 0.241 e. The van der Waals surface area contributed by atoms with Gasteiger partial charge in [-0.05, 0) is 61.7 Å². The molecule has 1 atom stereocenters. The molecule has 0 spiro atoms. The van der Waals surface area contributed by atoms with Crippen molar-refractivity contribution in [2.75, 3.05) is 18.5 Å². The van der Waals surface area contributed by atoms with Crippen molar-refractivity contribution >= 4 is 21.6 Å². The number of sulfonamides is 1. The molecule has 2 aromatic rings. The summed E-state index contributed by atoms with van der Waals surface area (Å²) in [4.78, 5) is 14.8. The number of nitrogens with two attached hydrogens (primary N) is 1. The van der Waals surface area contributed by atoms with E-state index in [9.17, 15) is 13.2 Å². The maximum Gasteiger partial charge on any atom is 0.241 e. The highest BCUT2D eigenvalue weighted by Crippen LogP contribution is 2.25. The molecule has 0 fully saturated rings. The van der Waals surface area contributed by atoms with Crippen molar-refractivity contribution in [1.82, 2.24) is 4.90 Å². The lowest BCUT2D eigenvalue weighted by atomic mass is 9.98. The summed E-state index contributed by atoms with van der Waals surface area (Å²) in [6.07, 6.45) is 0.861. The number of ether oxygens (including phenoxy) is 1. The Labute approximate surface area is 165 Å². The normalized spacial score (nSPS) is 15.5. The van der Waals surface area contributed by atoms with Crippen LogP contribution in [0.15, 0.2) is 47.4 Å². The van der Waals surface area contributed by atoms with Gasteiger partial charge in [-0.25, -0.2) is 13.6 Å². The molecule has 1 aliphatic rings. The summed E-state index contributed by atoms with van der Waals surface area (Å²) in [6.45, 7) is 5.83. The maximum atomic E-state index is 12.7. The van der Waals surface area contributed by atoms with Crippen molar-refractivity contribution in [1.29, 1.82) is 0 Å². The highest BCUT2D eigenvalue weighted by molar-refractivity contribution is 7.89. The monoisotopic (exact) mass is 403 g/mol. The minimum Gasteiger partial charge on any atom is -0.494 e. The van der Waals surface area contributed by atoms with Crippen molar-refractivity contribution in [3.63, 3.8) is 0 Å². The van der Waals surface area contributed by atoms with Crippen LogP contribution in [0.1, 0.15) is 25.0 Å². The molecule has 1 heterocycles. The summed E-state index contributed by atoms with van der Waals surface area (Å²) in [5.41, 5.74) is 2.83. The van der Waals surface area contributed by atoms with Gasteiger partial charge in [0, 0.05) is 18.8 Å². The molecule has 0 bridgehead atoms. The fourth-order valence-electron chi connectivity index (χ4n) is 3.31. The van der Waals surface area contributed by atoms with E-state index < -0.39 is 10.0 Å². The summed E-state index contributed by atoms with van der Waals surface area (Å²) < 4.78 is 28.6. The van der Waals surface area contributed by atoms with Crippen molar-refractivity contribution in [2.45, 2.75) is 37.8 Å². The van der Waals surface area contributed by atoms with Crippen LogP contribution in [0.2, 0.25) is 0 Å². The Morgan fingerprint density at radius 1 is 1.25 bits per heavy atom. The lowest BCUT2D eigenvalue weighted by Crippen LogP contribution is -2.44.